The van der Waals surface area contributed by atoms with E-state index in [0.717, 1.165) is 30.5 Å². The summed E-state index contributed by atoms with van der Waals surface area (Å²) in [6.07, 6.45) is 1.58. The summed E-state index contributed by atoms with van der Waals surface area (Å²) in [5, 5.41) is 12.9. The predicted octanol–water partition coefficient (Wildman–Crippen LogP) is 3.68. The summed E-state index contributed by atoms with van der Waals surface area (Å²) in [7, 11) is 0. The summed E-state index contributed by atoms with van der Waals surface area (Å²) >= 11 is 0. The van der Waals surface area contributed by atoms with Crippen LogP contribution in [0, 0.1) is 24.7 Å². The smallest absolute Gasteiger partial charge is 0.313 e. The highest BCUT2D eigenvalue weighted by atomic mass is 19.3. The topological polar surface area (TPSA) is 58.6 Å². The first-order chi connectivity index (χ1) is 12.4. The molecule has 26 heavy (non-hydrogen) atoms. The number of carbonyl (C=O) groups is 1. The molecule has 3 aliphatic rings. The third-order valence-electron chi connectivity index (χ3n) is 7.02. The van der Waals surface area contributed by atoms with E-state index in [1.807, 2.05) is 31.2 Å². The molecule has 1 heterocycles. The summed E-state index contributed by atoms with van der Waals surface area (Å²) < 4.78 is 28.4. The van der Waals surface area contributed by atoms with Gasteiger partial charge in [-0.25, -0.2) is 13.6 Å². The molecule has 6 heteroatoms. The Bertz CT molecular complexity index is 690. The average Bonchev–Trinajstić information content (AvgIpc) is 3.32. The molecule has 4 unspecified atom stereocenters. The lowest BCUT2D eigenvalue weighted by atomic mass is 9.58. The van der Waals surface area contributed by atoms with Gasteiger partial charge in [0.2, 0.25) is 5.92 Å². The molecule has 1 aliphatic heterocycles. The number of carbonyl (C=O) groups excluding carboxylic acids is 1. The largest absolute Gasteiger partial charge is 0.353 e. The van der Waals surface area contributed by atoms with Crippen molar-refractivity contribution in [3.63, 3.8) is 0 Å². The molecule has 3 fully saturated rings. The second-order valence-electron chi connectivity index (χ2n) is 8.24. The third kappa shape index (κ3) is 2.49. The standard InChI is InChI=1S/C20H25F2NO3/c1-12-4-2-3-5-15(12)20(18(24)26-25,14-8-9-19(21,22)10-14)17-13-6-7-16(17)23-11-13/h2-5,13-14,16-17,23,25H,6-11H2,1H3/t13?,14-,16?,17?,20?/m1/s1. The van der Waals surface area contributed by atoms with E-state index in [0.29, 0.717) is 0 Å². The van der Waals surface area contributed by atoms with Gasteiger partial charge in [-0.3, -0.25) is 4.89 Å². The van der Waals surface area contributed by atoms with E-state index in [1.165, 1.54) is 0 Å². The summed E-state index contributed by atoms with van der Waals surface area (Å²) in [6.45, 7) is 2.68. The minimum Gasteiger partial charge on any atom is -0.313 e. The zero-order chi connectivity index (χ0) is 18.5. The lowest BCUT2D eigenvalue weighted by Crippen LogP contribution is -2.53. The summed E-state index contributed by atoms with van der Waals surface area (Å²) in [4.78, 5) is 17.5. The number of hydrogen-bond donors (Lipinski definition) is 2. The van der Waals surface area contributed by atoms with Crippen LogP contribution in [0.4, 0.5) is 8.78 Å². The van der Waals surface area contributed by atoms with Crippen molar-refractivity contribution >= 4 is 5.97 Å². The highest BCUT2D eigenvalue weighted by Crippen LogP contribution is 2.58. The predicted molar refractivity (Wildman–Crippen MR) is 91.9 cm³/mol. The normalized spacial score (nSPS) is 34.6. The van der Waals surface area contributed by atoms with Gasteiger partial charge in [-0.2, -0.15) is 5.26 Å². The molecule has 4 nitrogen and oxygen atoms in total. The summed E-state index contributed by atoms with van der Waals surface area (Å²) in [5.74, 6) is -4.01. The van der Waals surface area contributed by atoms with Gasteiger partial charge in [-0.05, 0) is 61.6 Å². The monoisotopic (exact) mass is 365 g/mol. The van der Waals surface area contributed by atoms with E-state index in [-0.39, 0.29) is 37.1 Å². The maximum absolute atomic E-state index is 14.2. The maximum atomic E-state index is 14.2. The van der Waals surface area contributed by atoms with Crippen molar-refractivity contribution in [1.82, 2.24) is 5.32 Å². The number of halogens is 2. The van der Waals surface area contributed by atoms with E-state index in [1.54, 1.807) is 0 Å². The van der Waals surface area contributed by atoms with Crippen LogP contribution in [0.25, 0.3) is 0 Å². The first-order valence-electron chi connectivity index (χ1n) is 9.43. The van der Waals surface area contributed by atoms with Crippen molar-refractivity contribution in [2.45, 2.75) is 56.4 Å². The van der Waals surface area contributed by atoms with Gasteiger partial charge in [0.05, 0.1) is 0 Å². The highest BCUT2D eigenvalue weighted by molar-refractivity contribution is 5.85. The molecular weight excluding hydrogens is 340 g/mol. The van der Waals surface area contributed by atoms with E-state index >= 15 is 0 Å². The number of nitrogens with one attached hydrogen (secondary N) is 1. The van der Waals surface area contributed by atoms with Gasteiger partial charge in [-0.15, -0.1) is 0 Å². The molecular formula is C20H25F2NO3. The third-order valence-corrected chi connectivity index (χ3v) is 7.02. The fraction of sp³-hybridized carbons (Fsp3) is 0.650. The van der Waals surface area contributed by atoms with Crippen molar-refractivity contribution in [3.05, 3.63) is 35.4 Å². The Hall–Kier alpha value is -1.53. The lowest BCUT2D eigenvalue weighted by molar-refractivity contribution is -0.246. The van der Waals surface area contributed by atoms with Gasteiger partial charge in [0.1, 0.15) is 5.41 Å². The lowest BCUT2D eigenvalue weighted by Gasteiger charge is -2.43. The van der Waals surface area contributed by atoms with Gasteiger partial charge in [-0.1, -0.05) is 24.3 Å². The number of alkyl halides is 2. The Morgan fingerprint density at radius 1 is 1.31 bits per heavy atom. The van der Waals surface area contributed by atoms with E-state index in [9.17, 15) is 18.8 Å². The zero-order valence-electron chi connectivity index (χ0n) is 14.9. The van der Waals surface area contributed by atoms with E-state index in [4.69, 9.17) is 0 Å². The molecule has 0 spiro atoms. The summed E-state index contributed by atoms with van der Waals surface area (Å²) in [6, 6.07) is 7.54. The van der Waals surface area contributed by atoms with E-state index in [2.05, 4.69) is 10.2 Å². The Labute approximate surface area is 151 Å². The van der Waals surface area contributed by atoms with Crippen molar-refractivity contribution in [1.29, 1.82) is 0 Å². The Morgan fingerprint density at radius 2 is 2.08 bits per heavy atom. The second kappa shape index (κ2) is 6.27. The molecule has 1 aromatic rings. The van der Waals surface area contributed by atoms with Crippen molar-refractivity contribution in [3.8, 4) is 0 Å². The fourth-order valence-electron chi connectivity index (χ4n) is 6.07. The van der Waals surface area contributed by atoms with Crippen molar-refractivity contribution < 1.29 is 23.7 Å². The van der Waals surface area contributed by atoms with Gasteiger partial charge in [0.15, 0.2) is 0 Å². The van der Waals surface area contributed by atoms with Gasteiger partial charge in [0.25, 0.3) is 0 Å². The van der Waals surface area contributed by atoms with Crippen LogP contribution in [-0.4, -0.2) is 29.7 Å². The minimum atomic E-state index is -2.78. The van der Waals surface area contributed by atoms with Crippen LogP contribution >= 0.6 is 0 Å². The van der Waals surface area contributed by atoms with Crippen LogP contribution in [0.1, 0.15) is 43.2 Å². The van der Waals surface area contributed by atoms with Gasteiger partial charge < -0.3 is 5.32 Å². The molecule has 0 amide bonds. The van der Waals surface area contributed by atoms with Crippen molar-refractivity contribution in [2.24, 2.45) is 17.8 Å². The summed E-state index contributed by atoms with van der Waals surface area (Å²) in [5.41, 5.74) is 0.363. The molecule has 0 radical (unpaired) electrons. The van der Waals surface area contributed by atoms with Crippen LogP contribution in [0.15, 0.2) is 24.3 Å². The Kier molecular flexibility index (Phi) is 4.31. The Morgan fingerprint density at radius 3 is 2.58 bits per heavy atom. The van der Waals surface area contributed by atoms with Gasteiger partial charge >= 0.3 is 5.97 Å². The first-order valence-corrected chi connectivity index (χ1v) is 9.43. The molecule has 1 aromatic carbocycles. The van der Waals surface area contributed by atoms with Crippen molar-refractivity contribution in [2.75, 3.05) is 6.54 Å². The molecule has 2 aliphatic carbocycles. The SMILES string of the molecule is Cc1ccccc1C(C(=O)OO)(C1C2CCC1NC2)[C@@H]1CCC(F)(F)C1. The molecule has 0 aromatic heterocycles. The highest BCUT2D eigenvalue weighted by Gasteiger charge is 2.65. The molecule has 142 valence electrons. The molecule has 1 saturated heterocycles. The van der Waals surface area contributed by atoms with E-state index < -0.39 is 23.2 Å². The fourth-order valence-corrected chi connectivity index (χ4v) is 6.07. The molecule has 2 bridgehead atoms. The van der Waals surface area contributed by atoms with Crippen LogP contribution in [-0.2, 0) is 15.1 Å². The maximum Gasteiger partial charge on any atom is 0.353 e. The number of rotatable bonds is 4. The first kappa shape index (κ1) is 17.9. The number of benzene rings is 1. The van der Waals surface area contributed by atoms with Crippen LogP contribution in [0.3, 0.4) is 0 Å². The molecule has 2 N–H and O–H groups in total. The minimum absolute atomic E-state index is 0.0907. The molecule has 2 saturated carbocycles. The number of hydrogen-bond acceptors (Lipinski definition) is 4. The number of piperidine rings is 1. The average molecular weight is 365 g/mol. The molecule has 4 rings (SSSR count). The Balaban J connectivity index is 1.92. The second-order valence-corrected chi connectivity index (χ2v) is 8.24. The quantitative estimate of drug-likeness (QED) is 0.631. The molecule has 5 atom stereocenters. The van der Waals surface area contributed by atoms with Crippen LogP contribution in [0.5, 0.6) is 0 Å². The number of aryl methyl sites for hydroxylation is 1. The zero-order valence-corrected chi connectivity index (χ0v) is 14.9. The van der Waals surface area contributed by atoms with Crippen LogP contribution < -0.4 is 5.32 Å². The van der Waals surface area contributed by atoms with Crippen LogP contribution in [0.2, 0.25) is 0 Å². The van der Waals surface area contributed by atoms with Gasteiger partial charge in [0, 0.05) is 18.9 Å². The number of fused-ring (bicyclic) bond motifs is 2.